The standard InChI is InChI=1S/C14H10ClF2NO2/c1-14(16,17)12-4-2-3-11(18-12)8-5-6-10(15)9(7-8)13(19)20/h2-7H,1H3,(H,19,20). The zero-order valence-electron chi connectivity index (χ0n) is 10.4. The minimum Gasteiger partial charge on any atom is -0.478 e. The molecule has 0 atom stereocenters. The highest BCUT2D eigenvalue weighted by Crippen LogP contribution is 2.29. The van der Waals surface area contributed by atoms with Gasteiger partial charge in [-0.2, -0.15) is 8.78 Å². The summed E-state index contributed by atoms with van der Waals surface area (Å²) in [6.07, 6.45) is 0. The lowest BCUT2D eigenvalue weighted by atomic mass is 10.1. The predicted octanol–water partition coefficient (Wildman–Crippen LogP) is 4.21. The Morgan fingerprint density at radius 2 is 2.00 bits per heavy atom. The third-order valence-corrected chi connectivity index (χ3v) is 3.02. The van der Waals surface area contributed by atoms with E-state index in [1.54, 1.807) is 0 Å². The molecule has 6 heteroatoms. The van der Waals surface area contributed by atoms with Crippen molar-refractivity contribution in [3.63, 3.8) is 0 Å². The Balaban J connectivity index is 2.52. The summed E-state index contributed by atoms with van der Waals surface area (Å²) < 4.78 is 26.5. The van der Waals surface area contributed by atoms with Gasteiger partial charge in [-0.15, -0.1) is 0 Å². The molecule has 0 aliphatic heterocycles. The fourth-order valence-corrected chi connectivity index (χ4v) is 1.89. The average molecular weight is 298 g/mol. The van der Waals surface area contributed by atoms with Gasteiger partial charge in [0.2, 0.25) is 0 Å². The van der Waals surface area contributed by atoms with Crippen molar-refractivity contribution in [3.8, 4) is 11.3 Å². The number of hydrogen-bond acceptors (Lipinski definition) is 2. The minimum absolute atomic E-state index is 0.0817. The highest BCUT2D eigenvalue weighted by molar-refractivity contribution is 6.33. The second-order valence-corrected chi connectivity index (χ2v) is 4.70. The maximum Gasteiger partial charge on any atom is 0.337 e. The smallest absolute Gasteiger partial charge is 0.337 e. The van der Waals surface area contributed by atoms with Crippen molar-refractivity contribution in [2.24, 2.45) is 0 Å². The van der Waals surface area contributed by atoms with Crippen molar-refractivity contribution < 1.29 is 18.7 Å². The molecule has 0 amide bonds. The molecule has 0 radical (unpaired) electrons. The minimum atomic E-state index is -3.06. The topological polar surface area (TPSA) is 50.2 Å². The summed E-state index contributed by atoms with van der Waals surface area (Å²) in [4.78, 5) is 14.9. The lowest BCUT2D eigenvalue weighted by Crippen LogP contribution is -2.09. The number of nitrogens with zero attached hydrogens (tertiary/aromatic N) is 1. The summed E-state index contributed by atoms with van der Waals surface area (Å²) in [7, 11) is 0. The van der Waals surface area contributed by atoms with E-state index in [1.807, 2.05) is 0 Å². The van der Waals surface area contributed by atoms with Crippen LogP contribution < -0.4 is 0 Å². The second kappa shape index (κ2) is 5.17. The maximum absolute atomic E-state index is 13.2. The van der Waals surface area contributed by atoms with Crippen LogP contribution in [0.1, 0.15) is 23.0 Å². The van der Waals surface area contributed by atoms with Crippen molar-refractivity contribution in [1.29, 1.82) is 0 Å². The fourth-order valence-electron chi connectivity index (χ4n) is 1.69. The van der Waals surface area contributed by atoms with Crippen LogP contribution in [0.15, 0.2) is 36.4 Å². The molecule has 0 fully saturated rings. The Hall–Kier alpha value is -2.01. The summed E-state index contributed by atoms with van der Waals surface area (Å²) in [5, 5.41) is 9.08. The molecule has 1 N–H and O–H groups in total. The Labute approximate surface area is 118 Å². The molecule has 0 saturated heterocycles. The molecule has 0 saturated carbocycles. The molecule has 2 aromatic rings. The van der Waals surface area contributed by atoms with Gasteiger partial charge in [-0.05, 0) is 24.3 Å². The molecule has 1 aromatic heterocycles. The van der Waals surface area contributed by atoms with Crippen molar-refractivity contribution in [3.05, 3.63) is 52.7 Å². The van der Waals surface area contributed by atoms with Gasteiger partial charge in [0.1, 0.15) is 5.69 Å². The van der Waals surface area contributed by atoms with Crippen LogP contribution >= 0.6 is 11.6 Å². The molecule has 0 aliphatic rings. The van der Waals surface area contributed by atoms with E-state index in [0.29, 0.717) is 5.56 Å². The van der Waals surface area contributed by atoms with Crippen molar-refractivity contribution in [2.75, 3.05) is 0 Å². The molecule has 20 heavy (non-hydrogen) atoms. The van der Waals surface area contributed by atoms with Crippen LogP contribution in [0.2, 0.25) is 5.02 Å². The Kier molecular flexibility index (Phi) is 3.72. The van der Waals surface area contributed by atoms with Gasteiger partial charge in [-0.1, -0.05) is 23.7 Å². The summed E-state index contributed by atoms with van der Waals surface area (Å²) in [5.41, 5.74) is 0.211. The van der Waals surface area contributed by atoms with Gasteiger partial charge in [-0.3, -0.25) is 0 Å². The number of carboxylic acids is 1. The molecular weight excluding hydrogens is 288 g/mol. The first kappa shape index (κ1) is 14.4. The van der Waals surface area contributed by atoms with Gasteiger partial charge >= 0.3 is 5.97 Å². The molecule has 0 unspecified atom stereocenters. The first-order chi connectivity index (χ1) is 9.29. The highest BCUT2D eigenvalue weighted by atomic mass is 35.5. The Bertz CT molecular complexity index is 668. The van der Waals surface area contributed by atoms with Gasteiger partial charge in [0, 0.05) is 12.5 Å². The number of pyridine rings is 1. The van der Waals surface area contributed by atoms with Crippen LogP contribution in [0.3, 0.4) is 0 Å². The number of alkyl halides is 2. The van der Waals surface area contributed by atoms with Crippen LogP contribution in [-0.2, 0) is 5.92 Å². The number of halogens is 3. The van der Waals surface area contributed by atoms with Gasteiger partial charge < -0.3 is 5.11 Å². The first-order valence-corrected chi connectivity index (χ1v) is 6.05. The van der Waals surface area contributed by atoms with E-state index in [1.165, 1.54) is 36.4 Å². The number of aromatic carboxylic acids is 1. The van der Waals surface area contributed by atoms with Crippen LogP contribution in [0.4, 0.5) is 8.78 Å². The Morgan fingerprint density at radius 3 is 2.60 bits per heavy atom. The molecule has 104 valence electrons. The summed E-state index contributed by atoms with van der Waals surface area (Å²) >= 11 is 5.76. The fraction of sp³-hybridized carbons (Fsp3) is 0.143. The van der Waals surface area contributed by atoms with E-state index in [2.05, 4.69) is 4.98 Å². The molecular formula is C14H10ClF2NO2. The van der Waals surface area contributed by atoms with E-state index in [4.69, 9.17) is 16.7 Å². The molecule has 0 aliphatic carbocycles. The molecule has 3 nitrogen and oxygen atoms in total. The number of hydrogen-bond donors (Lipinski definition) is 1. The van der Waals surface area contributed by atoms with Gasteiger partial charge in [0.15, 0.2) is 0 Å². The summed E-state index contributed by atoms with van der Waals surface area (Å²) in [6.45, 7) is 0.754. The lowest BCUT2D eigenvalue weighted by molar-refractivity contribution is 0.0129. The number of benzene rings is 1. The summed E-state index contributed by atoms with van der Waals surface area (Å²) in [5.74, 6) is -4.24. The van der Waals surface area contributed by atoms with E-state index >= 15 is 0 Å². The number of carbonyl (C=O) groups is 1. The Morgan fingerprint density at radius 1 is 1.30 bits per heavy atom. The van der Waals surface area contributed by atoms with Crippen LogP contribution in [0.5, 0.6) is 0 Å². The monoisotopic (exact) mass is 297 g/mol. The van der Waals surface area contributed by atoms with Crippen molar-refractivity contribution in [2.45, 2.75) is 12.8 Å². The normalized spacial score (nSPS) is 11.4. The maximum atomic E-state index is 13.2. The largest absolute Gasteiger partial charge is 0.478 e. The van der Waals surface area contributed by atoms with Gasteiger partial charge in [0.05, 0.1) is 16.3 Å². The van der Waals surface area contributed by atoms with Crippen LogP contribution in [-0.4, -0.2) is 16.1 Å². The number of aromatic nitrogens is 1. The first-order valence-electron chi connectivity index (χ1n) is 5.67. The van der Waals surface area contributed by atoms with E-state index in [-0.39, 0.29) is 22.0 Å². The van der Waals surface area contributed by atoms with Gasteiger partial charge in [0.25, 0.3) is 5.92 Å². The third kappa shape index (κ3) is 2.93. The van der Waals surface area contributed by atoms with E-state index < -0.39 is 11.9 Å². The third-order valence-electron chi connectivity index (χ3n) is 2.69. The van der Waals surface area contributed by atoms with E-state index in [0.717, 1.165) is 6.92 Å². The lowest BCUT2D eigenvalue weighted by Gasteiger charge is -2.11. The zero-order chi connectivity index (χ0) is 14.9. The SMILES string of the molecule is CC(F)(F)c1cccc(-c2ccc(Cl)c(C(=O)O)c2)n1. The second-order valence-electron chi connectivity index (χ2n) is 4.30. The quantitative estimate of drug-likeness (QED) is 0.923. The van der Waals surface area contributed by atoms with Gasteiger partial charge in [-0.25, -0.2) is 9.78 Å². The number of rotatable bonds is 3. The number of carboxylic acid groups (broad SMARTS) is 1. The zero-order valence-corrected chi connectivity index (χ0v) is 11.2. The molecule has 0 bridgehead atoms. The van der Waals surface area contributed by atoms with Crippen LogP contribution in [0, 0.1) is 0 Å². The van der Waals surface area contributed by atoms with E-state index in [9.17, 15) is 13.6 Å². The van der Waals surface area contributed by atoms with Crippen molar-refractivity contribution >= 4 is 17.6 Å². The molecule has 1 aromatic carbocycles. The highest BCUT2D eigenvalue weighted by Gasteiger charge is 2.26. The molecule has 0 spiro atoms. The molecule has 1 heterocycles. The molecule has 2 rings (SSSR count). The van der Waals surface area contributed by atoms with Crippen molar-refractivity contribution in [1.82, 2.24) is 4.98 Å². The van der Waals surface area contributed by atoms with Crippen LogP contribution in [0.25, 0.3) is 11.3 Å². The predicted molar refractivity (Wildman–Crippen MR) is 71.2 cm³/mol. The summed E-state index contributed by atoms with van der Waals surface area (Å²) in [6, 6.07) is 8.45. The average Bonchev–Trinajstić information content (AvgIpc) is 2.38.